The molecule has 0 atom stereocenters. The molecule has 1 heterocycles. The molecule has 1 rings (SSSR count). The molecule has 0 fully saturated rings. The van der Waals surface area contributed by atoms with Crippen molar-refractivity contribution < 1.29 is 23.1 Å². The number of nitrogens with zero attached hydrogens (tertiary/aromatic N) is 1. The first-order valence-corrected chi connectivity index (χ1v) is 6.67. The van der Waals surface area contributed by atoms with E-state index in [2.05, 4.69) is 15.9 Å². The summed E-state index contributed by atoms with van der Waals surface area (Å²) in [5, 5.41) is 10.4. The van der Waals surface area contributed by atoms with E-state index in [1.54, 1.807) is 11.4 Å². The molecule has 1 aromatic rings. The van der Waals surface area contributed by atoms with Gasteiger partial charge in [-0.1, -0.05) is 0 Å². The number of halogens is 4. The van der Waals surface area contributed by atoms with E-state index in [0.717, 1.165) is 4.90 Å². The Hall–Kier alpha value is -0.440. The number of Topliss-reactive ketones (excluding diaryl/α,β-unsaturated/α-hetero) is 1. The summed E-state index contributed by atoms with van der Waals surface area (Å²) in [5.41, 5.74) is 0. The van der Waals surface area contributed by atoms with Gasteiger partial charge in [0.05, 0.1) is 24.6 Å². The molecule has 0 unspecified atom stereocenters. The molecule has 0 aliphatic rings. The van der Waals surface area contributed by atoms with Crippen LogP contribution in [0.2, 0.25) is 0 Å². The maximum atomic E-state index is 12.3. The molecule has 0 saturated heterocycles. The van der Waals surface area contributed by atoms with E-state index in [0.29, 0.717) is 9.35 Å². The molecule has 8 heteroatoms. The third-order valence-corrected chi connectivity index (χ3v) is 3.94. The summed E-state index contributed by atoms with van der Waals surface area (Å²) in [4.78, 5) is 13.1. The van der Waals surface area contributed by atoms with Gasteiger partial charge in [-0.25, -0.2) is 0 Å². The first-order valence-electron chi connectivity index (χ1n) is 4.99. The number of hydrogen-bond acceptors (Lipinski definition) is 4. The Balaban J connectivity index is 2.66. The molecule has 0 aromatic carbocycles. The summed E-state index contributed by atoms with van der Waals surface area (Å²) in [6, 6.07) is 1.66. The molecule has 0 aliphatic carbocycles. The lowest BCUT2D eigenvalue weighted by Crippen LogP contribution is -2.39. The summed E-state index contributed by atoms with van der Waals surface area (Å²) in [7, 11) is 0. The lowest BCUT2D eigenvalue weighted by atomic mass is 10.3. The van der Waals surface area contributed by atoms with E-state index in [-0.39, 0.29) is 13.1 Å². The standard InChI is InChI=1S/C10H11BrF3NO2S/c11-7-1-4-18-9(7)8(17)5-15(2-3-16)6-10(12,13)14/h1,4,16H,2-3,5-6H2. The minimum Gasteiger partial charge on any atom is -0.395 e. The number of rotatable bonds is 6. The van der Waals surface area contributed by atoms with E-state index in [1.807, 2.05) is 0 Å². The summed E-state index contributed by atoms with van der Waals surface area (Å²) < 4.78 is 37.4. The molecule has 0 radical (unpaired) electrons. The summed E-state index contributed by atoms with van der Waals surface area (Å²) in [6.45, 7) is -2.18. The van der Waals surface area contributed by atoms with Crippen molar-refractivity contribution >= 4 is 33.0 Å². The second-order valence-corrected chi connectivity index (χ2v) is 5.34. The largest absolute Gasteiger partial charge is 0.401 e. The maximum Gasteiger partial charge on any atom is 0.401 e. The monoisotopic (exact) mass is 345 g/mol. The Morgan fingerprint density at radius 2 is 2.17 bits per heavy atom. The number of carbonyl (C=O) groups excluding carboxylic acids is 1. The fraction of sp³-hybridized carbons (Fsp3) is 0.500. The van der Waals surface area contributed by atoms with Crippen molar-refractivity contribution in [2.24, 2.45) is 0 Å². The van der Waals surface area contributed by atoms with E-state index < -0.39 is 25.1 Å². The lowest BCUT2D eigenvalue weighted by molar-refractivity contribution is -0.145. The number of aliphatic hydroxyl groups excluding tert-OH is 1. The predicted molar refractivity (Wildman–Crippen MR) is 65.9 cm³/mol. The van der Waals surface area contributed by atoms with Crippen LogP contribution in [0.3, 0.4) is 0 Å². The number of ketones is 1. The van der Waals surface area contributed by atoms with Crippen LogP contribution >= 0.6 is 27.3 Å². The van der Waals surface area contributed by atoms with Crippen molar-refractivity contribution in [1.29, 1.82) is 0 Å². The van der Waals surface area contributed by atoms with Gasteiger partial charge in [-0.05, 0) is 27.4 Å². The highest BCUT2D eigenvalue weighted by Gasteiger charge is 2.31. The van der Waals surface area contributed by atoms with Gasteiger partial charge in [0.1, 0.15) is 0 Å². The van der Waals surface area contributed by atoms with E-state index in [4.69, 9.17) is 5.11 Å². The second-order valence-electron chi connectivity index (χ2n) is 3.57. The molecule has 18 heavy (non-hydrogen) atoms. The SMILES string of the molecule is O=C(CN(CCO)CC(F)(F)F)c1sccc1Br. The first kappa shape index (κ1) is 15.6. The van der Waals surface area contributed by atoms with Crippen LogP contribution in [0.25, 0.3) is 0 Å². The predicted octanol–water partition coefficient (Wildman–Crippen LogP) is 2.55. The number of carbonyl (C=O) groups is 1. The molecule has 102 valence electrons. The van der Waals surface area contributed by atoms with Crippen molar-refractivity contribution in [2.75, 3.05) is 26.2 Å². The smallest absolute Gasteiger partial charge is 0.395 e. The average Bonchev–Trinajstić information content (AvgIpc) is 2.62. The van der Waals surface area contributed by atoms with Gasteiger partial charge >= 0.3 is 6.18 Å². The van der Waals surface area contributed by atoms with Gasteiger partial charge in [-0.2, -0.15) is 13.2 Å². The van der Waals surface area contributed by atoms with Crippen molar-refractivity contribution in [3.8, 4) is 0 Å². The Morgan fingerprint density at radius 1 is 1.50 bits per heavy atom. The average molecular weight is 346 g/mol. The third kappa shape index (κ3) is 5.05. The van der Waals surface area contributed by atoms with Gasteiger partial charge in [0, 0.05) is 11.0 Å². The number of aliphatic hydroxyl groups is 1. The normalized spacial score (nSPS) is 12.1. The van der Waals surface area contributed by atoms with Crippen molar-refractivity contribution in [2.45, 2.75) is 6.18 Å². The van der Waals surface area contributed by atoms with Crippen LogP contribution in [-0.2, 0) is 0 Å². The summed E-state index contributed by atoms with van der Waals surface area (Å²) in [5.74, 6) is -0.394. The lowest BCUT2D eigenvalue weighted by Gasteiger charge is -2.21. The van der Waals surface area contributed by atoms with Crippen LogP contribution in [0.15, 0.2) is 15.9 Å². The molecule has 0 spiro atoms. The zero-order chi connectivity index (χ0) is 13.8. The Labute approximate surface area is 114 Å². The van der Waals surface area contributed by atoms with Gasteiger partial charge in [0.25, 0.3) is 0 Å². The molecule has 0 saturated carbocycles. The van der Waals surface area contributed by atoms with Crippen LogP contribution in [0, 0.1) is 0 Å². The van der Waals surface area contributed by atoms with Gasteiger partial charge in [0.15, 0.2) is 5.78 Å². The van der Waals surface area contributed by atoms with Crippen molar-refractivity contribution in [3.05, 3.63) is 20.8 Å². The summed E-state index contributed by atoms with van der Waals surface area (Å²) >= 11 is 4.33. The topological polar surface area (TPSA) is 40.5 Å². The Bertz CT molecular complexity index is 408. The van der Waals surface area contributed by atoms with Crippen LogP contribution in [-0.4, -0.2) is 48.2 Å². The number of alkyl halides is 3. The van der Waals surface area contributed by atoms with Crippen molar-refractivity contribution in [1.82, 2.24) is 4.90 Å². The molecular weight excluding hydrogens is 335 g/mol. The second kappa shape index (κ2) is 6.65. The number of thiophene rings is 1. The van der Waals surface area contributed by atoms with Crippen LogP contribution in [0.1, 0.15) is 9.67 Å². The summed E-state index contributed by atoms with van der Waals surface area (Å²) in [6.07, 6.45) is -4.39. The minimum atomic E-state index is -4.39. The highest BCUT2D eigenvalue weighted by atomic mass is 79.9. The minimum absolute atomic E-state index is 0.186. The Morgan fingerprint density at radius 3 is 2.61 bits per heavy atom. The molecular formula is C10H11BrF3NO2S. The molecule has 0 bridgehead atoms. The first-order chi connectivity index (χ1) is 8.33. The third-order valence-electron chi connectivity index (χ3n) is 2.06. The highest BCUT2D eigenvalue weighted by Crippen LogP contribution is 2.24. The van der Waals surface area contributed by atoms with Gasteiger partial charge in [-0.15, -0.1) is 11.3 Å². The molecule has 1 N–H and O–H groups in total. The van der Waals surface area contributed by atoms with Gasteiger partial charge < -0.3 is 5.11 Å². The molecule has 1 aromatic heterocycles. The van der Waals surface area contributed by atoms with Gasteiger partial charge in [0.2, 0.25) is 0 Å². The van der Waals surface area contributed by atoms with Crippen molar-refractivity contribution in [3.63, 3.8) is 0 Å². The Kier molecular flexibility index (Phi) is 5.77. The number of hydrogen-bond donors (Lipinski definition) is 1. The van der Waals surface area contributed by atoms with E-state index in [1.165, 1.54) is 11.3 Å². The maximum absolute atomic E-state index is 12.3. The zero-order valence-corrected chi connectivity index (χ0v) is 11.6. The molecule has 0 aliphatic heterocycles. The fourth-order valence-corrected chi connectivity index (χ4v) is 2.90. The fourth-order valence-electron chi connectivity index (χ4n) is 1.38. The quantitative estimate of drug-likeness (QED) is 0.805. The van der Waals surface area contributed by atoms with E-state index >= 15 is 0 Å². The highest BCUT2D eigenvalue weighted by molar-refractivity contribution is 9.10. The van der Waals surface area contributed by atoms with Crippen LogP contribution in [0.5, 0.6) is 0 Å². The zero-order valence-electron chi connectivity index (χ0n) is 9.21. The van der Waals surface area contributed by atoms with E-state index in [9.17, 15) is 18.0 Å². The molecule has 0 amide bonds. The van der Waals surface area contributed by atoms with Crippen LogP contribution in [0.4, 0.5) is 13.2 Å². The van der Waals surface area contributed by atoms with Gasteiger partial charge in [-0.3, -0.25) is 9.69 Å². The van der Waals surface area contributed by atoms with Crippen LogP contribution < -0.4 is 0 Å². The molecule has 3 nitrogen and oxygen atoms in total.